The summed E-state index contributed by atoms with van der Waals surface area (Å²) >= 11 is 0. The maximum absolute atomic E-state index is 12.4. The summed E-state index contributed by atoms with van der Waals surface area (Å²) in [4.78, 5) is 32.3. The summed E-state index contributed by atoms with van der Waals surface area (Å²) < 4.78 is 36.8. The first kappa shape index (κ1) is 20.2. The Labute approximate surface area is 161 Å². The van der Waals surface area contributed by atoms with Crippen molar-refractivity contribution in [2.24, 2.45) is 0 Å². The Hall–Kier alpha value is -2.52. The van der Waals surface area contributed by atoms with Gasteiger partial charge in [0.1, 0.15) is 18.4 Å². The van der Waals surface area contributed by atoms with E-state index in [1.54, 1.807) is 6.20 Å². The van der Waals surface area contributed by atoms with Crippen molar-refractivity contribution in [3.05, 3.63) is 23.9 Å². The summed E-state index contributed by atoms with van der Waals surface area (Å²) in [5.41, 5.74) is 0.813. The second-order valence-corrected chi connectivity index (χ2v) is 7.06. The van der Waals surface area contributed by atoms with Crippen LogP contribution in [0.4, 0.5) is 23.8 Å². The number of urea groups is 1. The van der Waals surface area contributed by atoms with E-state index in [2.05, 4.69) is 15.2 Å². The van der Waals surface area contributed by atoms with Gasteiger partial charge in [0.25, 0.3) is 0 Å². The zero-order valence-electron chi connectivity index (χ0n) is 15.5. The minimum absolute atomic E-state index is 0.236. The Balaban J connectivity index is 1.50. The average molecular weight is 399 g/mol. The number of carbonyl (C=O) groups excluding carboxylic acids is 2. The van der Waals surface area contributed by atoms with Gasteiger partial charge < -0.3 is 20.4 Å². The van der Waals surface area contributed by atoms with Gasteiger partial charge in [-0.2, -0.15) is 13.2 Å². The fourth-order valence-electron chi connectivity index (χ4n) is 3.52. The second kappa shape index (κ2) is 8.66. The Morgan fingerprint density at radius 1 is 1.11 bits per heavy atom. The molecule has 0 aromatic carbocycles. The Kier molecular flexibility index (Phi) is 6.25. The standard InChI is InChI=1S/C18H24F3N5O2/c19-18(20,21)12-24-16(27)14-4-3-9-26(14)17(28)23-11-13-5-6-15(22-10-13)25-7-1-2-8-25/h5-6,10,14H,1-4,7-9,11-12H2,(H,23,28)(H,24,27)/t14-/m1/s1. The van der Waals surface area contributed by atoms with E-state index in [1.807, 2.05) is 17.4 Å². The van der Waals surface area contributed by atoms with Gasteiger partial charge in [-0.1, -0.05) is 6.07 Å². The highest BCUT2D eigenvalue weighted by Crippen LogP contribution is 2.20. The van der Waals surface area contributed by atoms with Gasteiger partial charge in [0.15, 0.2) is 0 Å². The molecule has 1 atom stereocenters. The van der Waals surface area contributed by atoms with Gasteiger partial charge in [-0.3, -0.25) is 4.79 Å². The van der Waals surface area contributed by atoms with E-state index in [-0.39, 0.29) is 6.54 Å². The smallest absolute Gasteiger partial charge is 0.357 e. The predicted octanol–water partition coefficient (Wildman–Crippen LogP) is 2.03. The number of halogens is 3. The fraction of sp³-hybridized carbons (Fsp3) is 0.611. The Morgan fingerprint density at radius 2 is 1.86 bits per heavy atom. The maximum Gasteiger partial charge on any atom is 0.405 e. The molecular formula is C18H24F3N5O2. The molecule has 2 aliphatic heterocycles. The molecule has 0 radical (unpaired) electrons. The van der Waals surface area contributed by atoms with Gasteiger partial charge in [-0.25, -0.2) is 9.78 Å². The first-order valence-corrected chi connectivity index (χ1v) is 9.42. The van der Waals surface area contributed by atoms with Crippen LogP contribution in [0.15, 0.2) is 18.3 Å². The van der Waals surface area contributed by atoms with Crippen LogP contribution in [0.2, 0.25) is 0 Å². The molecule has 28 heavy (non-hydrogen) atoms. The van der Waals surface area contributed by atoms with Gasteiger partial charge >= 0.3 is 12.2 Å². The molecule has 2 saturated heterocycles. The summed E-state index contributed by atoms with van der Waals surface area (Å²) in [6, 6.07) is 2.46. The van der Waals surface area contributed by atoms with Crippen molar-refractivity contribution in [1.82, 2.24) is 20.5 Å². The van der Waals surface area contributed by atoms with Crippen LogP contribution in [0.5, 0.6) is 0 Å². The van der Waals surface area contributed by atoms with E-state index in [0.29, 0.717) is 19.4 Å². The molecule has 2 N–H and O–H groups in total. The number of likely N-dealkylation sites (tertiary alicyclic amines) is 1. The minimum Gasteiger partial charge on any atom is -0.357 e. The van der Waals surface area contributed by atoms with Gasteiger partial charge in [0, 0.05) is 32.4 Å². The molecule has 3 amide bonds. The van der Waals surface area contributed by atoms with Crippen LogP contribution in [-0.4, -0.2) is 60.2 Å². The fourth-order valence-corrected chi connectivity index (χ4v) is 3.52. The molecule has 2 fully saturated rings. The molecule has 0 saturated carbocycles. The van der Waals surface area contributed by atoms with E-state index in [9.17, 15) is 22.8 Å². The van der Waals surface area contributed by atoms with E-state index in [0.717, 1.165) is 37.3 Å². The molecule has 1 aromatic heterocycles. The zero-order chi connectivity index (χ0) is 20.1. The number of amides is 3. The van der Waals surface area contributed by atoms with Gasteiger partial charge in [0.05, 0.1) is 0 Å². The summed E-state index contributed by atoms with van der Waals surface area (Å²) in [7, 11) is 0. The Morgan fingerprint density at radius 3 is 2.50 bits per heavy atom. The number of nitrogens with zero attached hydrogens (tertiary/aromatic N) is 3. The molecule has 3 heterocycles. The van der Waals surface area contributed by atoms with Crippen molar-refractivity contribution < 1.29 is 22.8 Å². The number of alkyl halides is 3. The summed E-state index contributed by atoms with van der Waals surface area (Å²) in [6.07, 6.45) is 0.466. The van der Waals surface area contributed by atoms with Crippen LogP contribution < -0.4 is 15.5 Å². The van der Waals surface area contributed by atoms with Crippen molar-refractivity contribution in [2.75, 3.05) is 31.1 Å². The molecule has 0 spiro atoms. The monoisotopic (exact) mass is 399 g/mol. The van der Waals surface area contributed by atoms with Gasteiger partial charge in [-0.15, -0.1) is 0 Å². The highest BCUT2D eigenvalue weighted by molar-refractivity contribution is 5.87. The summed E-state index contributed by atoms with van der Waals surface area (Å²) in [5, 5.41) is 4.57. The number of carbonyl (C=O) groups is 2. The summed E-state index contributed by atoms with van der Waals surface area (Å²) in [6.45, 7) is 1.17. The normalized spacial score (nSPS) is 19.8. The van der Waals surface area contributed by atoms with E-state index >= 15 is 0 Å². The second-order valence-electron chi connectivity index (χ2n) is 7.06. The average Bonchev–Trinajstić information content (AvgIpc) is 3.35. The highest BCUT2D eigenvalue weighted by atomic mass is 19.4. The largest absolute Gasteiger partial charge is 0.405 e. The number of aromatic nitrogens is 1. The topological polar surface area (TPSA) is 77.6 Å². The lowest BCUT2D eigenvalue weighted by atomic mass is 10.2. The zero-order valence-corrected chi connectivity index (χ0v) is 15.5. The molecule has 0 aliphatic carbocycles. The summed E-state index contributed by atoms with van der Waals surface area (Å²) in [5.74, 6) is 0.134. The third-order valence-corrected chi connectivity index (χ3v) is 4.96. The minimum atomic E-state index is -4.48. The molecule has 3 rings (SSSR count). The molecule has 0 unspecified atom stereocenters. The molecule has 7 nitrogen and oxygen atoms in total. The molecule has 154 valence electrons. The maximum atomic E-state index is 12.4. The first-order valence-electron chi connectivity index (χ1n) is 9.42. The number of hydrogen-bond acceptors (Lipinski definition) is 4. The lowest BCUT2D eigenvalue weighted by Gasteiger charge is -2.24. The third kappa shape index (κ3) is 5.26. The predicted molar refractivity (Wildman–Crippen MR) is 96.7 cm³/mol. The van der Waals surface area contributed by atoms with Crippen LogP contribution in [-0.2, 0) is 11.3 Å². The van der Waals surface area contributed by atoms with E-state index in [1.165, 1.54) is 4.90 Å². The number of hydrogen-bond donors (Lipinski definition) is 2. The molecule has 0 bridgehead atoms. The van der Waals surface area contributed by atoms with Crippen molar-refractivity contribution in [3.63, 3.8) is 0 Å². The molecular weight excluding hydrogens is 375 g/mol. The van der Waals surface area contributed by atoms with E-state index < -0.39 is 30.7 Å². The lowest BCUT2D eigenvalue weighted by molar-refractivity contribution is -0.140. The van der Waals surface area contributed by atoms with Crippen LogP contribution in [0, 0.1) is 0 Å². The molecule has 1 aromatic rings. The molecule has 10 heteroatoms. The van der Waals surface area contributed by atoms with Crippen molar-refractivity contribution in [1.29, 1.82) is 0 Å². The number of anilines is 1. The number of rotatable bonds is 5. The van der Waals surface area contributed by atoms with Crippen molar-refractivity contribution in [3.8, 4) is 0 Å². The van der Waals surface area contributed by atoms with Crippen LogP contribution in [0.1, 0.15) is 31.2 Å². The highest BCUT2D eigenvalue weighted by Gasteiger charge is 2.36. The van der Waals surface area contributed by atoms with E-state index in [4.69, 9.17) is 0 Å². The van der Waals surface area contributed by atoms with Gasteiger partial charge in [0.2, 0.25) is 5.91 Å². The van der Waals surface area contributed by atoms with Crippen LogP contribution in [0.25, 0.3) is 0 Å². The lowest BCUT2D eigenvalue weighted by Crippen LogP contribution is -2.50. The Bertz CT molecular complexity index is 689. The number of nitrogens with one attached hydrogen (secondary N) is 2. The van der Waals surface area contributed by atoms with Crippen molar-refractivity contribution >= 4 is 17.8 Å². The number of pyridine rings is 1. The van der Waals surface area contributed by atoms with Crippen LogP contribution >= 0.6 is 0 Å². The SMILES string of the molecule is O=C(NCC(F)(F)F)[C@H]1CCCN1C(=O)NCc1ccc(N2CCCC2)nc1. The quantitative estimate of drug-likeness (QED) is 0.794. The third-order valence-electron chi connectivity index (χ3n) is 4.96. The van der Waals surface area contributed by atoms with Crippen LogP contribution in [0.3, 0.4) is 0 Å². The first-order chi connectivity index (χ1) is 13.3. The molecule has 2 aliphatic rings. The van der Waals surface area contributed by atoms with Gasteiger partial charge in [-0.05, 0) is 37.3 Å². The van der Waals surface area contributed by atoms with Crippen molar-refractivity contribution in [2.45, 2.75) is 44.4 Å².